The zero-order valence-corrected chi connectivity index (χ0v) is 11.3. The number of carbonyl (C=O) groups is 2. The second kappa shape index (κ2) is 6.73. The highest BCUT2D eigenvalue weighted by Crippen LogP contribution is 2.24. The second-order valence-corrected chi connectivity index (χ2v) is 5.53. The maximum Gasteiger partial charge on any atom is 0.323 e. The molecule has 0 bridgehead atoms. The Morgan fingerprint density at radius 1 is 1.33 bits per heavy atom. The SMILES string of the molecule is CC(C)CC(N)C(=O)N(CC(=O)O)C1CCCC1. The third-order valence-corrected chi connectivity index (χ3v) is 3.40. The molecular weight excluding hydrogens is 232 g/mol. The van der Waals surface area contributed by atoms with Gasteiger partial charge in [0.25, 0.3) is 0 Å². The average Bonchev–Trinajstić information content (AvgIpc) is 2.76. The van der Waals surface area contributed by atoms with E-state index in [9.17, 15) is 9.59 Å². The van der Waals surface area contributed by atoms with Gasteiger partial charge in [0.15, 0.2) is 0 Å². The van der Waals surface area contributed by atoms with Gasteiger partial charge in [-0.1, -0.05) is 26.7 Å². The minimum atomic E-state index is -0.966. The second-order valence-electron chi connectivity index (χ2n) is 5.53. The highest BCUT2D eigenvalue weighted by atomic mass is 16.4. The molecule has 1 rings (SSSR count). The average molecular weight is 256 g/mol. The van der Waals surface area contributed by atoms with E-state index >= 15 is 0 Å². The van der Waals surface area contributed by atoms with Gasteiger partial charge in [-0.25, -0.2) is 0 Å². The van der Waals surface area contributed by atoms with Gasteiger partial charge in [-0.15, -0.1) is 0 Å². The maximum absolute atomic E-state index is 12.2. The minimum absolute atomic E-state index is 0.0619. The van der Waals surface area contributed by atoms with E-state index in [4.69, 9.17) is 10.8 Å². The van der Waals surface area contributed by atoms with Gasteiger partial charge in [-0.3, -0.25) is 9.59 Å². The molecule has 0 aromatic rings. The number of hydrogen-bond donors (Lipinski definition) is 2. The van der Waals surface area contributed by atoms with Crippen LogP contribution in [0.25, 0.3) is 0 Å². The number of nitrogens with zero attached hydrogens (tertiary/aromatic N) is 1. The smallest absolute Gasteiger partial charge is 0.323 e. The summed E-state index contributed by atoms with van der Waals surface area (Å²) in [5.41, 5.74) is 5.88. The number of nitrogens with two attached hydrogens (primary N) is 1. The van der Waals surface area contributed by atoms with E-state index < -0.39 is 12.0 Å². The lowest BCUT2D eigenvalue weighted by molar-refractivity contribution is -0.147. The number of carbonyl (C=O) groups excluding carboxylic acids is 1. The normalized spacial score (nSPS) is 18.0. The summed E-state index contributed by atoms with van der Waals surface area (Å²) in [7, 11) is 0. The molecule has 1 atom stereocenters. The standard InChI is InChI=1S/C13H24N2O3/c1-9(2)7-11(14)13(18)15(8-12(16)17)10-5-3-4-6-10/h9-11H,3-8,14H2,1-2H3,(H,16,17). The van der Waals surface area contributed by atoms with Crippen LogP contribution < -0.4 is 5.73 Å². The molecule has 3 N–H and O–H groups in total. The van der Waals surface area contributed by atoms with E-state index in [0.29, 0.717) is 12.3 Å². The molecule has 0 heterocycles. The van der Waals surface area contributed by atoms with Crippen molar-refractivity contribution in [3.63, 3.8) is 0 Å². The first-order valence-corrected chi connectivity index (χ1v) is 6.69. The molecule has 1 amide bonds. The third kappa shape index (κ3) is 4.29. The Labute approximate surface area is 108 Å². The quantitative estimate of drug-likeness (QED) is 0.748. The number of rotatable bonds is 6. The molecule has 104 valence electrons. The maximum atomic E-state index is 12.2. The van der Waals surface area contributed by atoms with Crippen LogP contribution in [0.3, 0.4) is 0 Å². The van der Waals surface area contributed by atoms with Crippen LogP contribution in [0.2, 0.25) is 0 Å². The van der Waals surface area contributed by atoms with E-state index in [0.717, 1.165) is 25.7 Å². The van der Waals surface area contributed by atoms with Crippen molar-refractivity contribution in [1.29, 1.82) is 0 Å². The van der Waals surface area contributed by atoms with Crippen LogP contribution in [0.1, 0.15) is 46.0 Å². The van der Waals surface area contributed by atoms with Crippen molar-refractivity contribution in [3.05, 3.63) is 0 Å². The molecule has 0 saturated heterocycles. The molecule has 0 radical (unpaired) electrons. The summed E-state index contributed by atoms with van der Waals surface area (Å²) in [5, 5.41) is 8.92. The van der Waals surface area contributed by atoms with Crippen molar-refractivity contribution < 1.29 is 14.7 Å². The van der Waals surface area contributed by atoms with Crippen LogP contribution >= 0.6 is 0 Å². The van der Waals surface area contributed by atoms with E-state index in [2.05, 4.69) is 0 Å². The highest BCUT2D eigenvalue weighted by Gasteiger charge is 2.31. The van der Waals surface area contributed by atoms with Crippen molar-refractivity contribution >= 4 is 11.9 Å². The predicted molar refractivity (Wildman–Crippen MR) is 69.0 cm³/mol. The molecule has 0 aromatic heterocycles. The van der Waals surface area contributed by atoms with Gasteiger partial charge in [0.2, 0.25) is 5.91 Å². The van der Waals surface area contributed by atoms with Gasteiger partial charge in [-0.05, 0) is 25.2 Å². The largest absolute Gasteiger partial charge is 0.480 e. The molecule has 0 spiro atoms. The first-order valence-electron chi connectivity index (χ1n) is 6.69. The lowest BCUT2D eigenvalue weighted by Crippen LogP contribution is -2.50. The molecule has 1 saturated carbocycles. The van der Waals surface area contributed by atoms with Gasteiger partial charge < -0.3 is 15.7 Å². The van der Waals surface area contributed by atoms with Crippen molar-refractivity contribution in [2.45, 2.75) is 58.0 Å². The van der Waals surface area contributed by atoms with Crippen molar-refractivity contribution in [3.8, 4) is 0 Å². The van der Waals surface area contributed by atoms with E-state index in [1.54, 1.807) is 0 Å². The summed E-state index contributed by atoms with van der Waals surface area (Å²) < 4.78 is 0. The van der Waals surface area contributed by atoms with E-state index in [-0.39, 0.29) is 18.5 Å². The predicted octanol–water partition coefficient (Wildman–Crippen LogP) is 1.22. The fourth-order valence-electron chi connectivity index (χ4n) is 2.57. The van der Waals surface area contributed by atoms with Crippen molar-refractivity contribution in [2.24, 2.45) is 11.7 Å². The number of amides is 1. The number of carboxylic acid groups (broad SMARTS) is 1. The van der Waals surface area contributed by atoms with Gasteiger partial charge >= 0.3 is 5.97 Å². The Bertz CT molecular complexity index is 299. The zero-order valence-electron chi connectivity index (χ0n) is 11.3. The van der Waals surface area contributed by atoms with Crippen LogP contribution in [-0.4, -0.2) is 40.5 Å². The molecule has 1 aliphatic rings. The summed E-state index contributed by atoms with van der Waals surface area (Å²) in [5.74, 6) is -0.843. The zero-order chi connectivity index (χ0) is 13.7. The lowest BCUT2D eigenvalue weighted by atomic mass is 10.0. The fourth-order valence-corrected chi connectivity index (χ4v) is 2.57. The summed E-state index contributed by atoms with van der Waals surface area (Å²) in [6.45, 7) is 3.78. The van der Waals surface area contributed by atoms with Crippen LogP contribution in [0.5, 0.6) is 0 Å². The highest BCUT2D eigenvalue weighted by molar-refractivity contribution is 5.85. The molecule has 0 aromatic carbocycles. The molecule has 5 nitrogen and oxygen atoms in total. The minimum Gasteiger partial charge on any atom is -0.480 e. The van der Waals surface area contributed by atoms with Crippen molar-refractivity contribution in [2.75, 3.05) is 6.54 Å². The lowest BCUT2D eigenvalue weighted by Gasteiger charge is -2.30. The van der Waals surface area contributed by atoms with Crippen LogP contribution in [0, 0.1) is 5.92 Å². The van der Waals surface area contributed by atoms with Gasteiger partial charge in [0, 0.05) is 6.04 Å². The number of aliphatic carboxylic acids is 1. The van der Waals surface area contributed by atoms with Crippen LogP contribution in [0.4, 0.5) is 0 Å². The number of carboxylic acids is 1. The molecule has 1 fully saturated rings. The monoisotopic (exact) mass is 256 g/mol. The first-order chi connectivity index (χ1) is 8.41. The number of hydrogen-bond acceptors (Lipinski definition) is 3. The van der Waals surface area contributed by atoms with Gasteiger partial charge in [0.05, 0.1) is 6.04 Å². The topological polar surface area (TPSA) is 83.6 Å². The Morgan fingerprint density at radius 3 is 2.33 bits per heavy atom. The molecule has 1 unspecified atom stereocenters. The van der Waals surface area contributed by atoms with Gasteiger partial charge in [-0.2, -0.15) is 0 Å². The van der Waals surface area contributed by atoms with Crippen LogP contribution in [-0.2, 0) is 9.59 Å². The molecule has 1 aliphatic carbocycles. The van der Waals surface area contributed by atoms with E-state index in [1.807, 2.05) is 13.8 Å². The summed E-state index contributed by atoms with van der Waals surface area (Å²) >= 11 is 0. The fraction of sp³-hybridized carbons (Fsp3) is 0.846. The van der Waals surface area contributed by atoms with Crippen LogP contribution in [0.15, 0.2) is 0 Å². The molecule has 0 aliphatic heterocycles. The van der Waals surface area contributed by atoms with Gasteiger partial charge in [0.1, 0.15) is 6.54 Å². The Hall–Kier alpha value is -1.10. The summed E-state index contributed by atoms with van der Waals surface area (Å²) in [6.07, 6.45) is 4.52. The summed E-state index contributed by atoms with van der Waals surface area (Å²) in [6, 6.07) is -0.517. The molecule has 18 heavy (non-hydrogen) atoms. The van der Waals surface area contributed by atoms with E-state index in [1.165, 1.54) is 4.90 Å². The third-order valence-electron chi connectivity index (χ3n) is 3.40. The molecular formula is C13H24N2O3. The Balaban J connectivity index is 2.68. The molecule has 5 heteroatoms. The summed E-state index contributed by atoms with van der Waals surface area (Å²) in [4.78, 5) is 24.6. The Kier molecular flexibility index (Phi) is 5.59. The first kappa shape index (κ1) is 15.0. The Morgan fingerprint density at radius 2 is 1.89 bits per heavy atom. The van der Waals surface area contributed by atoms with Crippen molar-refractivity contribution in [1.82, 2.24) is 4.90 Å².